The lowest BCUT2D eigenvalue weighted by molar-refractivity contribution is -0.156. The van der Waals surface area contributed by atoms with E-state index in [1.54, 1.807) is 6.08 Å². The third-order valence-corrected chi connectivity index (χ3v) is 7.32. The van der Waals surface area contributed by atoms with Crippen LogP contribution in [0.15, 0.2) is 22.0 Å². The van der Waals surface area contributed by atoms with Crippen molar-refractivity contribution in [3.63, 3.8) is 0 Å². The minimum absolute atomic E-state index is 0.379. The van der Waals surface area contributed by atoms with E-state index in [2.05, 4.69) is 0 Å². The van der Waals surface area contributed by atoms with E-state index in [1.165, 1.54) is 0 Å². The van der Waals surface area contributed by atoms with E-state index >= 15 is 0 Å². The molecule has 0 amide bonds. The van der Waals surface area contributed by atoms with Gasteiger partial charge < -0.3 is 10.2 Å². The van der Waals surface area contributed by atoms with Gasteiger partial charge in [0.15, 0.2) is 5.78 Å². The van der Waals surface area contributed by atoms with Crippen molar-refractivity contribution in [2.24, 2.45) is 5.92 Å². The summed E-state index contributed by atoms with van der Waals surface area (Å²) in [5.41, 5.74) is 0.900. The number of carboxylic acids is 2. The molecule has 0 atom stereocenters. The first-order valence-corrected chi connectivity index (χ1v) is 8.01. The van der Waals surface area contributed by atoms with Crippen LogP contribution in [0.2, 0.25) is 0 Å². The second-order valence-corrected chi connectivity index (χ2v) is 8.08. The zero-order chi connectivity index (χ0) is 14.8. The molecule has 6 heteroatoms. The van der Waals surface area contributed by atoms with Gasteiger partial charge in [0.1, 0.15) is 0 Å². The molecule has 0 radical (unpaired) electrons. The Morgan fingerprint density at radius 1 is 1.16 bits per heavy atom. The fourth-order valence-corrected chi connectivity index (χ4v) is 5.41. The maximum Gasteiger partial charge on any atom is 0.326 e. The van der Waals surface area contributed by atoms with Crippen LogP contribution in [0.1, 0.15) is 20.8 Å². The zero-order valence-electron chi connectivity index (χ0n) is 11.2. The Kier molecular flexibility index (Phi) is 4.57. The van der Waals surface area contributed by atoms with E-state index in [4.69, 9.17) is 10.2 Å². The third-order valence-electron chi connectivity index (χ3n) is 3.24. The Morgan fingerprint density at radius 3 is 2.00 bits per heavy atom. The SMILES string of the molecule is CCS1(CC)C=C(C)C=C1C(=O)C(C(=O)O)C(=O)O. The first kappa shape index (κ1) is 15.5. The molecule has 1 aliphatic heterocycles. The van der Waals surface area contributed by atoms with Gasteiger partial charge in [0.2, 0.25) is 5.92 Å². The minimum atomic E-state index is -2.00. The Hall–Kier alpha value is -1.56. The first-order valence-electron chi connectivity index (χ1n) is 5.97. The highest BCUT2D eigenvalue weighted by Gasteiger charge is 2.41. The van der Waals surface area contributed by atoms with Crippen molar-refractivity contribution in [3.05, 3.63) is 22.0 Å². The summed E-state index contributed by atoms with van der Waals surface area (Å²) in [5.74, 6) is -4.58. The van der Waals surface area contributed by atoms with Crippen LogP contribution in [0.25, 0.3) is 0 Å². The van der Waals surface area contributed by atoms with Gasteiger partial charge in [-0.05, 0) is 35.5 Å². The standard InChI is InChI=1S/C13H18O5S/c1-4-19(5-2)7-8(3)6-9(19)11(14)10(12(15)16)13(17)18/h6-7,10H,4-5H2,1-3H3,(H,15,16)(H,17,18). The fraction of sp³-hybridized carbons (Fsp3) is 0.462. The van der Waals surface area contributed by atoms with Crippen molar-refractivity contribution < 1.29 is 24.6 Å². The largest absolute Gasteiger partial charge is 0.480 e. The monoisotopic (exact) mass is 286 g/mol. The van der Waals surface area contributed by atoms with Gasteiger partial charge in [-0.1, -0.05) is 13.8 Å². The Labute approximate surface area is 113 Å². The van der Waals surface area contributed by atoms with Crippen LogP contribution in [-0.4, -0.2) is 39.4 Å². The van der Waals surface area contributed by atoms with Crippen LogP contribution >= 0.6 is 10.0 Å². The lowest BCUT2D eigenvalue weighted by Crippen LogP contribution is -2.33. The first-order chi connectivity index (χ1) is 8.79. The minimum Gasteiger partial charge on any atom is -0.480 e. The molecule has 0 aliphatic carbocycles. The summed E-state index contributed by atoms with van der Waals surface area (Å²) in [7, 11) is -1.52. The van der Waals surface area contributed by atoms with Gasteiger partial charge in [0, 0.05) is 4.91 Å². The predicted molar refractivity (Wildman–Crippen MR) is 74.3 cm³/mol. The van der Waals surface area contributed by atoms with Crippen molar-refractivity contribution >= 4 is 27.7 Å². The molecule has 0 fully saturated rings. The summed E-state index contributed by atoms with van der Waals surface area (Å²) in [6, 6.07) is 0. The quantitative estimate of drug-likeness (QED) is 0.728. The summed E-state index contributed by atoms with van der Waals surface area (Å²) in [5, 5.41) is 19.8. The van der Waals surface area contributed by atoms with E-state index in [0.717, 1.165) is 5.57 Å². The normalized spacial score (nSPS) is 18.7. The van der Waals surface area contributed by atoms with Crippen LogP contribution in [0, 0.1) is 5.92 Å². The molecule has 0 aromatic heterocycles. The Balaban J connectivity index is 3.22. The number of hydrogen-bond donors (Lipinski definition) is 2. The van der Waals surface area contributed by atoms with Crippen molar-refractivity contribution in [2.45, 2.75) is 20.8 Å². The summed E-state index contributed by atoms with van der Waals surface area (Å²) in [4.78, 5) is 34.6. The maximum atomic E-state index is 12.3. The van der Waals surface area contributed by atoms with E-state index in [9.17, 15) is 14.4 Å². The molecule has 0 unspecified atom stereocenters. The molecule has 1 heterocycles. The number of hydrogen-bond acceptors (Lipinski definition) is 3. The molecule has 106 valence electrons. The summed E-state index contributed by atoms with van der Waals surface area (Å²) < 4.78 is 0. The van der Waals surface area contributed by atoms with Crippen LogP contribution in [0.4, 0.5) is 0 Å². The molecule has 5 nitrogen and oxygen atoms in total. The molecule has 1 rings (SSSR count). The van der Waals surface area contributed by atoms with Gasteiger partial charge in [-0.2, -0.15) is 10.0 Å². The van der Waals surface area contributed by atoms with Gasteiger partial charge in [-0.3, -0.25) is 14.4 Å². The van der Waals surface area contributed by atoms with Crippen LogP contribution in [0.3, 0.4) is 0 Å². The number of Topliss-reactive ketones (excluding diaryl/α,β-unsaturated/α-hetero) is 1. The number of carboxylic acid groups (broad SMARTS) is 2. The average molecular weight is 286 g/mol. The molecule has 0 aromatic carbocycles. The Morgan fingerprint density at radius 2 is 1.63 bits per heavy atom. The molecule has 0 aromatic rings. The van der Waals surface area contributed by atoms with Gasteiger partial charge in [-0.25, -0.2) is 0 Å². The molecule has 1 aliphatic rings. The van der Waals surface area contributed by atoms with Crippen LogP contribution in [0.5, 0.6) is 0 Å². The molecular formula is C13H18O5S. The molecule has 19 heavy (non-hydrogen) atoms. The highest BCUT2D eigenvalue weighted by molar-refractivity contribution is 8.39. The summed E-state index contributed by atoms with van der Waals surface area (Å²) in [6.45, 7) is 5.71. The maximum absolute atomic E-state index is 12.3. The van der Waals surface area contributed by atoms with Gasteiger partial charge in [0.05, 0.1) is 0 Å². The number of allylic oxidation sites excluding steroid dienone is 3. The van der Waals surface area contributed by atoms with Gasteiger partial charge in [-0.15, -0.1) is 0 Å². The van der Waals surface area contributed by atoms with Crippen LogP contribution < -0.4 is 0 Å². The molecule has 0 saturated carbocycles. The summed E-state index contributed by atoms with van der Waals surface area (Å²) in [6.07, 6.45) is 1.64. The molecule has 0 bridgehead atoms. The lowest BCUT2D eigenvalue weighted by atomic mass is 10.0. The Bertz CT molecular complexity index is 471. The van der Waals surface area contributed by atoms with E-state index in [-0.39, 0.29) is 0 Å². The molecular weight excluding hydrogens is 268 g/mol. The van der Waals surface area contributed by atoms with Crippen LogP contribution in [-0.2, 0) is 14.4 Å². The number of carbonyl (C=O) groups excluding carboxylic acids is 1. The second kappa shape index (κ2) is 5.61. The molecule has 2 N–H and O–H groups in total. The smallest absolute Gasteiger partial charge is 0.326 e. The average Bonchev–Trinajstić information content (AvgIpc) is 2.66. The fourth-order valence-electron chi connectivity index (χ4n) is 2.20. The second-order valence-electron chi connectivity index (χ2n) is 4.37. The number of carbonyl (C=O) groups is 3. The summed E-state index contributed by atoms with van der Waals surface area (Å²) >= 11 is 0. The van der Waals surface area contributed by atoms with Crippen molar-refractivity contribution in [1.82, 2.24) is 0 Å². The van der Waals surface area contributed by atoms with E-state index in [1.807, 2.05) is 26.2 Å². The lowest BCUT2D eigenvalue weighted by Gasteiger charge is -2.34. The predicted octanol–water partition coefficient (Wildman–Crippen LogP) is 1.99. The van der Waals surface area contributed by atoms with E-state index in [0.29, 0.717) is 16.4 Å². The molecule has 0 spiro atoms. The van der Waals surface area contributed by atoms with Gasteiger partial charge in [0.25, 0.3) is 0 Å². The molecule has 0 saturated heterocycles. The number of ketones is 1. The van der Waals surface area contributed by atoms with Crippen molar-refractivity contribution in [2.75, 3.05) is 11.5 Å². The third kappa shape index (κ3) is 2.73. The van der Waals surface area contributed by atoms with Gasteiger partial charge >= 0.3 is 11.9 Å². The van der Waals surface area contributed by atoms with Crippen molar-refractivity contribution in [3.8, 4) is 0 Å². The van der Waals surface area contributed by atoms with E-state index < -0.39 is 33.7 Å². The zero-order valence-corrected chi connectivity index (χ0v) is 12.0. The van der Waals surface area contributed by atoms with Crippen molar-refractivity contribution in [1.29, 1.82) is 0 Å². The highest BCUT2D eigenvalue weighted by atomic mass is 32.3. The number of aliphatic carboxylic acids is 2. The number of rotatable bonds is 6. The highest BCUT2D eigenvalue weighted by Crippen LogP contribution is 2.61. The topological polar surface area (TPSA) is 91.7 Å².